The zero-order valence-electron chi connectivity index (χ0n) is 12.3. The molecule has 1 aliphatic heterocycles. The minimum Gasteiger partial charge on any atom is -0.326 e. The summed E-state index contributed by atoms with van der Waals surface area (Å²) in [5.41, 5.74) is 1.14. The standard InChI is InChI=1S/C15H19N3O3/c1-15(2,3)8-11(19)16-10-6-4-5-9(7-10)12-13(20)18-14(21)17-12/h4-7,12H,8H2,1-3H3,(H,16,19)(H2,17,18,20,21). The Morgan fingerprint density at radius 2 is 2.00 bits per heavy atom. The quantitative estimate of drug-likeness (QED) is 0.743. The average Bonchev–Trinajstić information content (AvgIpc) is 2.66. The summed E-state index contributed by atoms with van der Waals surface area (Å²) in [4.78, 5) is 34.7. The molecule has 1 fully saturated rings. The van der Waals surface area contributed by atoms with Gasteiger partial charge in [-0.3, -0.25) is 14.9 Å². The smallest absolute Gasteiger partial charge is 0.322 e. The molecular weight excluding hydrogens is 270 g/mol. The normalized spacial score (nSPS) is 18.1. The molecule has 0 spiro atoms. The second kappa shape index (κ2) is 5.55. The molecule has 1 unspecified atom stereocenters. The third kappa shape index (κ3) is 4.05. The lowest BCUT2D eigenvalue weighted by molar-refractivity contribution is -0.120. The fourth-order valence-electron chi connectivity index (χ4n) is 2.13. The molecule has 0 aliphatic carbocycles. The van der Waals surface area contributed by atoms with Gasteiger partial charge in [-0.25, -0.2) is 4.79 Å². The molecular formula is C15H19N3O3. The molecule has 1 aliphatic rings. The van der Waals surface area contributed by atoms with Gasteiger partial charge in [0.25, 0.3) is 5.91 Å². The Hall–Kier alpha value is -2.37. The predicted octanol–water partition coefficient (Wildman–Crippen LogP) is 1.94. The van der Waals surface area contributed by atoms with Crippen LogP contribution in [0.2, 0.25) is 0 Å². The van der Waals surface area contributed by atoms with Crippen molar-refractivity contribution >= 4 is 23.5 Å². The van der Waals surface area contributed by atoms with Gasteiger partial charge in [-0.1, -0.05) is 32.9 Å². The Bertz CT molecular complexity index is 590. The van der Waals surface area contributed by atoms with E-state index in [2.05, 4.69) is 16.0 Å². The predicted molar refractivity (Wildman–Crippen MR) is 78.6 cm³/mol. The average molecular weight is 289 g/mol. The van der Waals surface area contributed by atoms with Crippen LogP contribution in [0.15, 0.2) is 24.3 Å². The molecule has 1 aromatic carbocycles. The summed E-state index contributed by atoms with van der Waals surface area (Å²) in [7, 11) is 0. The monoisotopic (exact) mass is 289 g/mol. The maximum absolute atomic E-state index is 11.9. The maximum Gasteiger partial charge on any atom is 0.322 e. The molecule has 0 radical (unpaired) electrons. The minimum atomic E-state index is -0.711. The van der Waals surface area contributed by atoms with E-state index in [1.54, 1.807) is 24.3 Å². The summed E-state index contributed by atoms with van der Waals surface area (Å²) >= 11 is 0. The van der Waals surface area contributed by atoms with E-state index in [9.17, 15) is 14.4 Å². The van der Waals surface area contributed by atoms with E-state index >= 15 is 0 Å². The number of hydrogen-bond donors (Lipinski definition) is 3. The number of benzene rings is 1. The van der Waals surface area contributed by atoms with Gasteiger partial charge in [0.15, 0.2) is 0 Å². The molecule has 6 heteroatoms. The number of carbonyl (C=O) groups is 3. The van der Waals surface area contributed by atoms with Crippen molar-refractivity contribution in [3.8, 4) is 0 Å². The Morgan fingerprint density at radius 3 is 2.57 bits per heavy atom. The van der Waals surface area contributed by atoms with E-state index in [1.807, 2.05) is 20.8 Å². The SMILES string of the molecule is CC(C)(C)CC(=O)Nc1cccc(C2NC(=O)NC2=O)c1. The van der Waals surface area contributed by atoms with Gasteiger partial charge >= 0.3 is 6.03 Å². The van der Waals surface area contributed by atoms with Crippen LogP contribution in [0.4, 0.5) is 10.5 Å². The lowest BCUT2D eigenvalue weighted by Crippen LogP contribution is -2.22. The highest BCUT2D eigenvalue weighted by atomic mass is 16.2. The van der Waals surface area contributed by atoms with Gasteiger partial charge in [-0.05, 0) is 23.1 Å². The zero-order chi connectivity index (χ0) is 15.6. The van der Waals surface area contributed by atoms with Gasteiger partial charge in [-0.15, -0.1) is 0 Å². The van der Waals surface area contributed by atoms with Crippen molar-refractivity contribution in [3.63, 3.8) is 0 Å². The molecule has 21 heavy (non-hydrogen) atoms. The first kappa shape index (κ1) is 15.0. The van der Waals surface area contributed by atoms with Crippen molar-refractivity contribution in [1.82, 2.24) is 10.6 Å². The van der Waals surface area contributed by atoms with Gasteiger partial charge in [-0.2, -0.15) is 0 Å². The van der Waals surface area contributed by atoms with Gasteiger partial charge in [0.2, 0.25) is 5.91 Å². The largest absolute Gasteiger partial charge is 0.326 e. The number of imide groups is 1. The summed E-state index contributed by atoms with van der Waals surface area (Å²) in [5, 5.41) is 7.51. The molecule has 2 rings (SSSR count). The van der Waals surface area contributed by atoms with E-state index in [1.165, 1.54) is 0 Å². The van der Waals surface area contributed by atoms with E-state index in [0.29, 0.717) is 17.7 Å². The van der Waals surface area contributed by atoms with Crippen molar-refractivity contribution in [3.05, 3.63) is 29.8 Å². The Balaban J connectivity index is 2.10. The maximum atomic E-state index is 11.9. The number of amides is 4. The van der Waals surface area contributed by atoms with Crippen LogP contribution < -0.4 is 16.0 Å². The van der Waals surface area contributed by atoms with Crippen LogP contribution in [-0.4, -0.2) is 17.8 Å². The van der Waals surface area contributed by atoms with Crippen molar-refractivity contribution in [2.45, 2.75) is 33.2 Å². The Morgan fingerprint density at radius 1 is 1.29 bits per heavy atom. The molecule has 6 nitrogen and oxygen atoms in total. The highest BCUT2D eigenvalue weighted by Crippen LogP contribution is 2.22. The molecule has 3 N–H and O–H groups in total. The molecule has 0 aromatic heterocycles. The molecule has 0 saturated carbocycles. The number of hydrogen-bond acceptors (Lipinski definition) is 3. The van der Waals surface area contributed by atoms with Crippen LogP contribution >= 0.6 is 0 Å². The summed E-state index contributed by atoms with van der Waals surface area (Å²) in [6.45, 7) is 5.96. The first-order chi connectivity index (χ1) is 9.74. The highest BCUT2D eigenvalue weighted by Gasteiger charge is 2.30. The molecule has 0 bridgehead atoms. The zero-order valence-corrected chi connectivity index (χ0v) is 12.3. The third-order valence-electron chi connectivity index (χ3n) is 2.97. The molecule has 1 atom stereocenters. The summed E-state index contributed by atoms with van der Waals surface area (Å²) in [5.74, 6) is -0.474. The number of rotatable bonds is 3. The summed E-state index contributed by atoms with van der Waals surface area (Å²) in [6.07, 6.45) is 0.401. The lowest BCUT2D eigenvalue weighted by atomic mass is 9.92. The molecule has 4 amide bonds. The van der Waals surface area contributed by atoms with E-state index in [-0.39, 0.29) is 11.3 Å². The molecule has 1 saturated heterocycles. The van der Waals surface area contributed by atoms with Gasteiger partial charge in [0.05, 0.1) is 0 Å². The first-order valence-corrected chi connectivity index (χ1v) is 6.76. The van der Waals surface area contributed by atoms with Crippen molar-refractivity contribution in [1.29, 1.82) is 0 Å². The molecule has 1 aromatic rings. The Kier molecular flexibility index (Phi) is 3.97. The summed E-state index contributed by atoms with van der Waals surface area (Å²) < 4.78 is 0. The highest BCUT2D eigenvalue weighted by molar-refractivity contribution is 6.04. The molecule has 112 valence electrons. The number of nitrogens with one attached hydrogen (secondary N) is 3. The van der Waals surface area contributed by atoms with Crippen LogP contribution in [0.5, 0.6) is 0 Å². The number of carbonyl (C=O) groups excluding carboxylic acids is 3. The Labute approximate surface area is 123 Å². The van der Waals surface area contributed by atoms with Crippen LogP contribution in [0.1, 0.15) is 38.8 Å². The first-order valence-electron chi connectivity index (χ1n) is 6.76. The van der Waals surface area contributed by atoms with Gasteiger partial charge in [0.1, 0.15) is 6.04 Å². The third-order valence-corrected chi connectivity index (χ3v) is 2.97. The second-order valence-corrected chi connectivity index (χ2v) is 6.31. The van der Waals surface area contributed by atoms with Crippen LogP contribution in [-0.2, 0) is 9.59 Å². The van der Waals surface area contributed by atoms with E-state index < -0.39 is 18.0 Å². The van der Waals surface area contributed by atoms with Crippen molar-refractivity contribution in [2.24, 2.45) is 5.41 Å². The van der Waals surface area contributed by atoms with Crippen LogP contribution in [0.25, 0.3) is 0 Å². The van der Waals surface area contributed by atoms with E-state index in [4.69, 9.17) is 0 Å². The van der Waals surface area contributed by atoms with Crippen molar-refractivity contribution < 1.29 is 14.4 Å². The fraction of sp³-hybridized carbons (Fsp3) is 0.400. The van der Waals surface area contributed by atoms with Crippen molar-refractivity contribution in [2.75, 3.05) is 5.32 Å². The number of anilines is 1. The lowest BCUT2D eigenvalue weighted by Gasteiger charge is -2.17. The van der Waals surface area contributed by atoms with Gasteiger partial charge < -0.3 is 10.6 Å². The molecule has 1 heterocycles. The minimum absolute atomic E-state index is 0.0837. The number of urea groups is 1. The topological polar surface area (TPSA) is 87.3 Å². The fourth-order valence-corrected chi connectivity index (χ4v) is 2.13. The van der Waals surface area contributed by atoms with Crippen LogP contribution in [0.3, 0.4) is 0 Å². The van der Waals surface area contributed by atoms with Crippen LogP contribution in [0, 0.1) is 5.41 Å². The second-order valence-electron chi connectivity index (χ2n) is 6.31. The van der Waals surface area contributed by atoms with Gasteiger partial charge in [0, 0.05) is 12.1 Å². The van der Waals surface area contributed by atoms with E-state index in [0.717, 1.165) is 0 Å². The summed E-state index contributed by atoms with van der Waals surface area (Å²) in [6, 6.07) is 5.69.